The number of nitrogens with zero attached hydrogens (tertiary/aromatic N) is 4. The van der Waals surface area contributed by atoms with Crippen LogP contribution >= 0.6 is 0 Å². The summed E-state index contributed by atoms with van der Waals surface area (Å²) in [5.41, 5.74) is 6.87. The van der Waals surface area contributed by atoms with Gasteiger partial charge in [0.2, 0.25) is 0 Å². The SMILES string of the molecule is CC(C)(C)C(=O)OC[C@H]1O[C@@H](n2ccc(=O)[nH]c2=O)C[C@@H]1N=[N+]=[N-]. The third kappa shape index (κ3) is 4.03. The predicted molar refractivity (Wildman–Crippen MR) is 83.2 cm³/mol. The highest BCUT2D eigenvalue weighted by Gasteiger charge is 2.37. The van der Waals surface area contributed by atoms with Gasteiger partial charge in [0.05, 0.1) is 11.5 Å². The first-order chi connectivity index (χ1) is 11.2. The Morgan fingerprint density at radius 1 is 1.54 bits per heavy atom. The molecule has 0 bridgehead atoms. The molecular weight excluding hydrogens is 318 g/mol. The number of carbonyl (C=O) groups excluding carboxylic acids is 1. The van der Waals surface area contributed by atoms with Gasteiger partial charge in [0, 0.05) is 23.6 Å². The van der Waals surface area contributed by atoms with Crippen LogP contribution in [0, 0.1) is 5.41 Å². The van der Waals surface area contributed by atoms with Gasteiger partial charge in [-0.3, -0.25) is 19.1 Å². The van der Waals surface area contributed by atoms with E-state index in [0.717, 1.165) is 0 Å². The quantitative estimate of drug-likeness (QED) is 0.379. The van der Waals surface area contributed by atoms with Crippen molar-refractivity contribution < 1.29 is 14.3 Å². The van der Waals surface area contributed by atoms with Crippen LogP contribution in [0.25, 0.3) is 10.4 Å². The van der Waals surface area contributed by atoms with Gasteiger partial charge < -0.3 is 9.47 Å². The summed E-state index contributed by atoms with van der Waals surface area (Å²) >= 11 is 0. The van der Waals surface area contributed by atoms with E-state index in [4.69, 9.17) is 15.0 Å². The number of H-pyrrole nitrogens is 1. The Morgan fingerprint density at radius 2 is 2.25 bits per heavy atom. The fraction of sp³-hybridized carbons (Fsp3) is 0.643. The van der Waals surface area contributed by atoms with Gasteiger partial charge in [-0.1, -0.05) is 5.11 Å². The molecule has 1 aromatic heterocycles. The molecule has 0 aromatic carbocycles. The zero-order valence-corrected chi connectivity index (χ0v) is 13.6. The van der Waals surface area contributed by atoms with E-state index in [2.05, 4.69) is 15.0 Å². The van der Waals surface area contributed by atoms with Gasteiger partial charge in [0.1, 0.15) is 18.9 Å². The maximum atomic E-state index is 11.9. The highest BCUT2D eigenvalue weighted by atomic mass is 16.6. The van der Waals surface area contributed by atoms with Crippen molar-refractivity contribution in [1.29, 1.82) is 0 Å². The average Bonchev–Trinajstić information content (AvgIpc) is 2.87. The number of azide groups is 1. The molecule has 1 aliphatic rings. The summed E-state index contributed by atoms with van der Waals surface area (Å²) in [6, 6.07) is 0.604. The van der Waals surface area contributed by atoms with Gasteiger partial charge in [-0.15, -0.1) is 0 Å². The van der Waals surface area contributed by atoms with Gasteiger partial charge in [-0.05, 0) is 26.3 Å². The molecular formula is C14H19N5O5. The summed E-state index contributed by atoms with van der Waals surface area (Å²) in [4.78, 5) is 39.7. The summed E-state index contributed by atoms with van der Waals surface area (Å²) in [6.45, 7) is 5.07. The van der Waals surface area contributed by atoms with E-state index in [-0.39, 0.29) is 13.0 Å². The minimum atomic E-state index is -0.719. The Balaban J connectivity index is 2.14. The molecule has 10 heteroatoms. The van der Waals surface area contributed by atoms with Crippen LogP contribution in [0.5, 0.6) is 0 Å². The molecule has 2 rings (SSSR count). The minimum Gasteiger partial charge on any atom is -0.463 e. The smallest absolute Gasteiger partial charge is 0.330 e. The number of hydrogen-bond donors (Lipinski definition) is 1. The van der Waals surface area contributed by atoms with E-state index in [0.29, 0.717) is 0 Å². The van der Waals surface area contributed by atoms with E-state index in [1.807, 2.05) is 0 Å². The van der Waals surface area contributed by atoms with Gasteiger partial charge in [-0.2, -0.15) is 0 Å². The van der Waals surface area contributed by atoms with Gasteiger partial charge in [0.15, 0.2) is 0 Å². The van der Waals surface area contributed by atoms with Crippen LogP contribution in [-0.2, 0) is 14.3 Å². The van der Waals surface area contributed by atoms with Crippen LogP contribution in [0.15, 0.2) is 27.0 Å². The number of rotatable bonds is 4. The molecule has 0 unspecified atom stereocenters. The topological polar surface area (TPSA) is 139 Å². The summed E-state index contributed by atoms with van der Waals surface area (Å²) < 4.78 is 12.1. The lowest BCUT2D eigenvalue weighted by Gasteiger charge is -2.20. The second-order valence-corrected chi connectivity index (χ2v) is 6.50. The first-order valence-electron chi connectivity index (χ1n) is 7.40. The molecule has 10 nitrogen and oxygen atoms in total. The molecule has 0 radical (unpaired) electrons. The lowest BCUT2D eigenvalue weighted by molar-refractivity contribution is -0.157. The zero-order chi connectivity index (χ0) is 17.9. The van der Waals surface area contributed by atoms with E-state index < -0.39 is 41.0 Å². The van der Waals surface area contributed by atoms with Crippen LogP contribution in [-0.4, -0.2) is 34.3 Å². The highest BCUT2D eigenvalue weighted by Crippen LogP contribution is 2.30. The van der Waals surface area contributed by atoms with Crippen molar-refractivity contribution in [3.63, 3.8) is 0 Å². The number of aromatic nitrogens is 2. The van der Waals surface area contributed by atoms with Crippen molar-refractivity contribution in [2.75, 3.05) is 6.61 Å². The molecule has 3 atom stereocenters. The minimum absolute atomic E-state index is 0.0889. The van der Waals surface area contributed by atoms with E-state index >= 15 is 0 Å². The molecule has 0 saturated carbocycles. The van der Waals surface area contributed by atoms with Crippen molar-refractivity contribution in [2.45, 2.75) is 45.6 Å². The second kappa shape index (κ2) is 6.90. The number of hydrogen-bond acceptors (Lipinski definition) is 6. The predicted octanol–water partition coefficient (Wildman–Crippen LogP) is 1.09. The molecule has 2 heterocycles. The third-order valence-corrected chi connectivity index (χ3v) is 3.56. The standard InChI is InChI=1S/C14H19N5O5/c1-14(2,3)12(21)23-7-9-8(17-18-15)6-11(24-9)19-5-4-10(20)16-13(19)22/h4-5,8-9,11H,6-7H2,1-3H3,(H,16,20,22)/t8-,9+,11+/m0/s1. The van der Waals surface area contributed by atoms with Gasteiger partial charge in [-0.25, -0.2) is 4.79 Å². The fourth-order valence-electron chi connectivity index (χ4n) is 2.25. The van der Waals surface area contributed by atoms with Gasteiger partial charge >= 0.3 is 11.7 Å². The van der Waals surface area contributed by atoms with Crippen LogP contribution in [0.4, 0.5) is 0 Å². The summed E-state index contributed by atoms with van der Waals surface area (Å²) in [5, 5.41) is 3.65. The first-order valence-corrected chi connectivity index (χ1v) is 7.40. The fourth-order valence-corrected chi connectivity index (χ4v) is 2.25. The Labute approximate surface area is 137 Å². The molecule has 0 amide bonds. The van der Waals surface area contributed by atoms with Crippen molar-refractivity contribution in [3.05, 3.63) is 43.5 Å². The Bertz CT molecular complexity index is 771. The highest BCUT2D eigenvalue weighted by molar-refractivity contribution is 5.75. The normalized spacial score (nSPS) is 23.5. The lowest BCUT2D eigenvalue weighted by atomic mass is 9.97. The van der Waals surface area contributed by atoms with Crippen LogP contribution < -0.4 is 11.2 Å². The molecule has 130 valence electrons. The van der Waals surface area contributed by atoms with Crippen molar-refractivity contribution in [3.8, 4) is 0 Å². The Morgan fingerprint density at radius 3 is 2.83 bits per heavy atom. The second-order valence-electron chi connectivity index (χ2n) is 6.50. The monoisotopic (exact) mass is 337 g/mol. The van der Waals surface area contributed by atoms with Crippen molar-refractivity contribution in [1.82, 2.24) is 9.55 Å². The zero-order valence-electron chi connectivity index (χ0n) is 13.6. The van der Waals surface area contributed by atoms with E-state index in [1.165, 1.54) is 16.8 Å². The van der Waals surface area contributed by atoms with Gasteiger partial charge in [0.25, 0.3) is 5.56 Å². The van der Waals surface area contributed by atoms with Crippen LogP contribution in [0.3, 0.4) is 0 Å². The summed E-state index contributed by atoms with van der Waals surface area (Å²) in [6.07, 6.45) is 0.148. The van der Waals surface area contributed by atoms with Crippen molar-refractivity contribution >= 4 is 5.97 Å². The summed E-state index contributed by atoms with van der Waals surface area (Å²) in [5.74, 6) is -0.407. The van der Waals surface area contributed by atoms with E-state index in [1.54, 1.807) is 20.8 Å². The molecule has 24 heavy (non-hydrogen) atoms. The number of ether oxygens (including phenoxy) is 2. The molecule has 1 aromatic rings. The Kier molecular flexibility index (Phi) is 5.10. The lowest BCUT2D eigenvalue weighted by Crippen LogP contribution is -2.32. The molecule has 1 fully saturated rings. The molecule has 1 saturated heterocycles. The van der Waals surface area contributed by atoms with Crippen LogP contribution in [0.1, 0.15) is 33.4 Å². The van der Waals surface area contributed by atoms with Crippen LogP contribution in [0.2, 0.25) is 0 Å². The summed E-state index contributed by atoms with van der Waals surface area (Å²) in [7, 11) is 0. The maximum Gasteiger partial charge on any atom is 0.330 e. The number of carbonyl (C=O) groups is 1. The average molecular weight is 337 g/mol. The first kappa shape index (κ1) is 17.8. The largest absolute Gasteiger partial charge is 0.463 e. The number of esters is 1. The molecule has 0 aliphatic carbocycles. The third-order valence-electron chi connectivity index (χ3n) is 3.56. The molecule has 0 spiro atoms. The molecule has 1 N–H and O–H groups in total. The number of nitrogens with one attached hydrogen (secondary N) is 1. The maximum absolute atomic E-state index is 11.9. The van der Waals surface area contributed by atoms with Crippen molar-refractivity contribution in [2.24, 2.45) is 10.5 Å². The molecule has 1 aliphatic heterocycles. The van der Waals surface area contributed by atoms with E-state index in [9.17, 15) is 14.4 Å². The number of aromatic amines is 1. The Hall–Kier alpha value is -2.58.